The van der Waals surface area contributed by atoms with Gasteiger partial charge in [0, 0.05) is 13.0 Å². The van der Waals surface area contributed by atoms with Gasteiger partial charge in [-0.3, -0.25) is 0 Å². The summed E-state index contributed by atoms with van der Waals surface area (Å²) in [6.45, 7) is 3.25. The lowest BCUT2D eigenvalue weighted by molar-refractivity contribution is 0.216. The molecule has 5 nitrogen and oxygen atoms in total. The molecule has 3 N–H and O–H groups in total. The minimum atomic E-state index is -0.296. The van der Waals surface area contributed by atoms with E-state index in [0.29, 0.717) is 13.0 Å². The highest BCUT2D eigenvalue weighted by Crippen LogP contribution is 2.25. The van der Waals surface area contributed by atoms with E-state index in [1.807, 2.05) is 43.3 Å². The number of aliphatic hydroxyl groups is 1. The number of aryl methyl sites for hydroxylation is 1. The smallest absolute Gasteiger partial charge is 0.315 e. The Morgan fingerprint density at radius 2 is 1.96 bits per heavy atom. The molecule has 2 amide bonds. The van der Waals surface area contributed by atoms with Crippen molar-refractivity contribution in [3.8, 4) is 5.75 Å². The number of hydrogen-bond acceptors (Lipinski definition) is 3. The van der Waals surface area contributed by atoms with Crippen LogP contribution < -0.4 is 15.4 Å². The molecule has 3 rings (SSSR count). The third kappa shape index (κ3) is 4.99. The van der Waals surface area contributed by atoms with Gasteiger partial charge in [0.1, 0.15) is 5.75 Å². The molecule has 1 heterocycles. The third-order valence-corrected chi connectivity index (χ3v) is 4.61. The van der Waals surface area contributed by atoms with Gasteiger partial charge in [-0.05, 0) is 42.5 Å². The lowest BCUT2D eigenvalue weighted by Gasteiger charge is -2.17. The molecule has 138 valence electrons. The Bertz CT molecular complexity index is 743. The molecule has 0 saturated heterocycles. The number of rotatable bonds is 7. The molecule has 0 unspecified atom stereocenters. The number of aliphatic hydroxyl groups excluding tert-OH is 1. The third-order valence-electron chi connectivity index (χ3n) is 4.61. The van der Waals surface area contributed by atoms with Gasteiger partial charge in [-0.1, -0.05) is 42.0 Å². The van der Waals surface area contributed by atoms with Gasteiger partial charge in [0.25, 0.3) is 0 Å². The monoisotopic (exact) mass is 354 g/mol. The van der Waals surface area contributed by atoms with Crippen molar-refractivity contribution < 1.29 is 14.6 Å². The number of carbonyl (C=O) groups is 1. The van der Waals surface area contributed by atoms with Crippen LogP contribution in [0, 0.1) is 6.92 Å². The molecular formula is C21H26N2O3. The lowest BCUT2D eigenvalue weighted by Crippen LogP contribution is -2.45. The molecule has 5 heteroatoms. The van der Waals surface area contributed by atoms with E-state index in [0.717, 1.165) is 30.8 Å². The maximum atomic E-state index is 12.1. The van der Waals surface area contributed by atoms with Gasteiger partial charge in [0.05, 0.1) is 19.3 Å². The average Bonchev–Trinajstić information content (AvgIpc) is 3.11. The van der Waals surface area contributed by atoms with Gasteiger partial charge in [-0.15, -0.1) is 0 Å². The minimum absolute atomic E-state index is 0.0912. The summed E-state index contributed by atoms with van der Waals surface area (Å²) in [4.78, 5) is 12.1. The molecule has 1 aliphatic rings. The quantitative estimate of drug-likeness (QED) is 0.715. The second-order valence-corrected chi connectivity index (χ2v) is 6.76. The van der Waals surface area contributed by atoms with Crippen LogP contribution in [-0.2, 0) is 19.3 Å². The largest absolute Gasteiger partial charge is 0.493 e. The number of carbonyl (C=O) groups excluding carboxylic acids is 1. The van der Waals surface area contributed by atoms with Crippen LogP contribution in [0.25, 0.3) is 0 Å². The number of hydrogen-bond donors (Lipinski definition) is 3. The predicted molar refractivity (Wildman–Crippen MR) is 102 cm³/mol. The summed E-state index contributed by atoms with van der Waals surface area (Å²) in [5.74, 6) is 0.973. The van der Waals surface area contributed by atoms with Crippen LogP contribution in [0.5, 0.6) is 5.75 Å². The van der Waals surface area contributed by atoms with E-state index in [4.69, 9.17) is 4.74 Å². The zero-order valence-electron chi connectivity index (χ0n) is 15.1. The fraction of sp³-hybridized carbons (Fsp3) is 0.381. The van der Waals surface area contributed by atoms with Crippen LogP contribution in [-0.4, -0.2) is 36.9 Å². The highest BCUT2D eigenvalue weighted by molar-refractivity contribution is 5.74. The van der Waals surface area contributed by atoms with Crippen LogP contribution in [0.3, 0.4) is 0 Å². The van der Waals surface area contributed by atoms with Crippen LogP contribution >= 0.6 is 0 Å². The number of nitrogens with one attached hydrogen (secondary N) is 2. The molecule has 1 atom stereocenters. The summed E-state index contributed by atoms with van der Waals surface area (Å²) >= 11 is 0. The van der Waals surface area contributed by atoms with E-state index < -0.39 is 0 Å². The molecule has 26 heavy (non-hydrogen) atoms. The van der Waals surface area contributed by atoms with Crippen LogP contribution in [0.2, 0.25) is 0 Å². The maximum Gasteiger partial charge on any atom is 0.315 e. The molecule has 0 saturated carbocycles. The predicted octanol–water partition coefficient (Wildman–Crippen LogP) is 2.38. The van der Waals surface area contributed by atoms with Crippen LogP contribution in [0.15, 0.2) is 42.5 Å². The summed E-state index contributed by atoms with van der Waals surface area (Å²) < 4.78 is 5.50. The van der Waals surface area contributed by atoms with E-state index in [1.165, 1.54) is 16.7 Å². The van der Waals surface area contributed by atoms with E-state index in [-0.39, 0.29) is 18.7 Å². The summed E-state index contributed by atoms with van der Waals surface area (Å²) in [5, 5.41) is 15.2. The molecule has 0 aromatic heterocycles. The summed E-state index contributed by atoms with van der Waals surface area (Å²) in [7, 11) is 0. The van der Waals surface area contributed by atoms with Gasteiger partial charge >= 0.3 is 6.03 Å². The van der Waals surface area contributed by atoms with Crippen molar-refractivity contribution in [1.82, 2.24) is 10.6 Å². The molecule has 2 aromatic carbocycles. The zero-order valence-corrected chi connectivity index (χ0v) is 15.1. The molecule has 0 fully saturated rings. The first-order chi connectivity index (χ1) is 12.6. The molecule has 0 spiro atoms. The normalized spacial score (nSPS) is 13.6. The van der Waals surface area contributed by atoms with Crippen molar-refractivity contribution in [2.75, 3.05) is 19.8 Å². The van der Waals surface area contributed by atoms with E-state index in [1.54, 1.807) is 0 Å². The topological polar surface area (TPSA) is 70.6 Å². The molecule has 0 aliphatic carbocycles. The fourth-order valence-electron chi connectivity index (χ4n) is 3.12. The van der Waals surface area contributed by atoms with Crippen molar-refractivity contribution in [2.24, 2.45) is 0 Å². The van der Waals surface area contributed by atoms with E-state index in [9.17, 15) is 9.90 Å². The molecule has 0 radical (unpaired) electrons. The summed E-state index contributed by atoms with van der Waals surface area (Å²) in [6.07, 6.45) is 2.33. The second-order valence-electron chi connectivity index (χ2n) is 6.76. The van der Waals surface area contributed by atoms with Crippen LogP contribution in [0.1, 0.15) is 22.3 Å². The van der Waals surface area contributed by atoms with Crippen molar-refractivity contribution in [2.45, 2.75) is 32.2 Å². The van der Waals surface area contributed by atoms with Gasteiger partial charge in [-0.25, -0.2) is 4.79 Å². The van der Waals surface area contributed by atoms with E-state index >= 15 is 0 Å². The van der Waals surface area contributed by atoms with Crippen molar-refractivity contribution in [3.05, 3.63) is 64.7 Å². The van der Waals surface area contributed by atoms with Gasteiger partial charge in [-0.2, -0.15) is 0 Å². The van der Waals surface area contributed by atoms with Gasteiger partial charge < -0.3 is 20.5 Å². The molecule has 0 bridgehead atoms. The maximum absolute atomic E-state index is 12.1. The molecular weight excluding hydrogens is 328 g/mol. The van der Waals surface area contributed by atoms with E-state index in [2.05, 4.69) is 16.7 Å². The summed E-state index contributed by atoms with van der Waals surface area (Å²) in [5.41, 5.74) is 4.71. The Morgan fingerprint density at radius 3 is 2.73 bits per heavy atom. The number of amides is 2. The van der Waals surface area contributed by atoms with Crippen LogP contribution in [0.4, 0.5) is 4.79 Å². The lowest BCUT2D eigenvalue weighted by atomic mass is 10.1. The molecule has 1 aliphatic heterocycles. The first-order valence-electron chi connectivity index (χ1n) is 9.09. The Morgan fingerprint density at radius 1 is 1.19 bits per heavy atom. The van der Waals surface area contributed by atoms with Crippen molar-refractivity contribution in [3.63, 3.8) is 0 Å². The zero-order chi connectivity index (χ0) is 18.4. The number of benzene rings is 2. The first kappa shape index (κ1) is 18.3. The highest BCUT2D eigenvalue weighted by Gasteiger charge is 2.13. The molecule has 2 aromatic rings. The van der Waals surface area contributed by atoms with Gasteiger partial charge in [0.2, 0.25) is 0 Å². The standard InChI is InChI=1S/C21H26N2O3/c1-15-2-4-16(5-3-15)13-19(14-24)23-21(25)22-10-8-17-6-7-20-18(12-17)9-11-26-20/h2-7,12,19,24H,8-11,13-14H2,1H3,(H2,22,23,25)/t19-/m1/s1. The number of ether oxygens (including phenoxy) is 1. The summed E-state index contributed by atoms with van der Waals surface area (Å²) in [6, 6.07) is 13.8. The highest BCUT2D eigenvalue weighted by atomic mass is 16.5. The first-order valence-corrected chi connectivity index (χ1v) is 9.09. The Labute approximate surface area is 154 Å². The fourth-order valence-corrected chi connectivity index (χ4v) is 3.12. The number of fused-ring (bicyclic) bond motifs is 1. The van der Waals surface area contributed by atoms with Gasteiger partial charge in [0.15, 0.2) is 0 Å². The minimum Gasteiger partial charge on any atom is -0.493 e. The average molecular weight is 354 g/mol. The SMILES string of the molecule is Cc1ccc(C[C@H](CO)NC(=O)NCCc2ccc3c(c2)CCO3)cc1. The Balaban J connectivity index is 1.43. The van der Waals surface area contributed by atoms with Crippen molar-refractivity contribution in [1.29, 1.82) is 0 Å². The Hall–Kier alpha value is -2.53. The second kappa shape index (κ2) is 8.72. The van der Waals surface area contributed by atoms with Crippen molar-refractivity contribution >= 4 is 6.03 Å². The Kier molecular flexibility index (Phi) is 6.12. The number of urea groups is 1.